The van der Waals surface area contributed by atoms with Crippen molar-refractivity contribution < 1.29 is 4.52 Å². The molecule has 5 nitrogen and oxygen atoms in total. The van der Waals surface area contributed by atoms with Crippen molar-refractivity contribution in [2.75, 3.05) is 0 Å². The largest absolute Gasteiger partial charge is 0.338 e. The summed E-state index contributed by atoms with van der Waals surface area (Å²) in [6.45, 7) is 2.10. The average molecular weight is 266 g/mol. The molecule has 0 fully saturated rings. The standard InChI is InChI=1S/C15H14N4O/c1-2-12(11-7-4-3-5-8-11)15-17-14(19-20-15)13-9-6-10-16-18-13/h3-10,12H,2H2,1H3/t12-/m1/s1. The Morgan fingerprint density at radius 2 is 1.95 bits per heavy atom. The van der Waals surface area contributed by atoms with E-state index in [1.165, 1.54) is 5.56 Å². The fourth-order valence-corrected chi connectivity index (χ4v) is 2.14. The molecule has 0 saturated heterocycles. The molecule has 100 valence electrons. The van der Waals surface area contributed by atoms with Crippen LogP contribution >= 0.6 is 0 Å². The lowest BCUT2D eigenvalue weighted by molar-refractivity contribution is 0.363. The van der Waals surface area contributed by atoms with Crippen molar-refractivity contribution in [2.24, 2.45) is 0 Å². The third kappa shape index (κ3) is 2.42. The minimum atomic E-state index is 0.106. The number of hydrogen-bond acceptors (Lipinski definition) is 5. The highest BCUT2D eigenvalue weighted by Gasteiger charge is 2.20. The zero-order valence-electron chi connectivity index (χ0n) is 11.1. The summed E-state index contributed by atoms with van der Waals surface area (Å²) in [4.78, 5) is 4.45. The first-order valence-corrected chi connectivity index (χ1v) is 6.55. The van der Waals surface area contributed by atoms with Gasteiger partial charge in [0.1, 0.15) is 5.69 Å². The Morgan fingerprint density at radius 1 is 1.10 bits per heavy atom. The van der Waals surface area contributed by atoms with Crippen molar-refractivity contribution in [1.29, 1.82) is 0 Å². The van der Waals surface area contributed by atoms with Crippen LogP contribution in [0.1, 0.15) is 30.7 Å². The van der Waals surface area contributed by atoms with E-state index in [-0.39, 0.29) is 5.92 Å². The zero-order chi connectivity index (χ0) is 13.8. The van der Waals surface area contributed by atoms with Crippen LogP contribution in [0.5, 0.6) is 0 Å². The van der Waals surface area contributed by atoms with Gasteiger partial charge < -0.3 is 4.52 Å². The Morgan fingerprint density at radius 3 is 2.65 bits per heavy atom. The number of nitrogens with zero attached hydrogens (tertiary/aromatic N) is 4. The van der Waals surface area contributed by atoms with Crippen molar-refractivity contribution in [1.82, 2.24) is 20.3 Å². The molecule has 5 heteroatoms. The van der Waals surface area contributed by atoms with Gasteiger partial charge >= 0.3 is 0 Å². The Hall–Kier alpha value is -2.56. The fourth-order valence-electron chi connectivity index (χ4n) is 2.14. The van der Waals surface area contributed by atoms with Gasteiger partial charge in [0.25, 0.3) is 0 Å². The summed E-state index contributed by atoms with van der Waals surface area (Å²) < 4.78 is 5.40. The van der Waals surface area contributed by atoms with Gasteiger partial charge in [-0.05, 0) is 24.1 Å². The van der Waals surface area contributed by atoms with Crippen LogP contribution in [-0.2, 0) is 0 Å². The van der Waals surface area contributed by atoms with Crippen molar-refractivity contribution in [3.8, 4) is 11.5 Å². The van der Waals surface area contributed by atoms with Crippen LogP contribution < -0.4 is 0 Å². The van der Waals surface area contributed by atoms with Gasteiger partial charge in [-0.1, -0.05) is 42.4 Å². The Kier molecular flexibility index (Phi) is 3.50. The topological polar surface area (TPSA) is 64.7 Å². The number of benzene rings is 1. The van der Waals surface area contributed by atoms with Crippen LogP contribution in [0, 0.1) is 0 Å². The highest BCUT2D eigenvalue weighted by Crippen LogP contribution is 2.27. The minimum absolute atomic E-state index is 0.106. The van der Waals surface area contributed by atoms with Gasteiger partial charge in [0.2, 0.25) is 11.7 Å². The lowest BCUT2D eigenvalue weighted by Gasteiger charge is -2.09. The molecule has 0 bridgehead atoms. The van der Waals surface area contributed by atoms with Gasteiger partial charge in [0.05, 0.1) is 5.92 Å². The van der Waals surface area contributed by atoms with E-state index in [9.17, 15) is 0 Å². The molecule has 0 saturated carbocycles. The van der Waals surface area contributed by atoms with E-state index < -0.39 is 0 Å². The average Bonchev–Trinajstić information content (AvgIpc) is 3.00. The Balaban J connectivity index is 1.93. The number of rotatable bonds is 4. The predicted octanol–water partition coefficient (Wildman–Crippen LogP) is 3.07. The summed E-state index contributed by atoms with van der Waals surface area (Å²) in [5.74, 6) is 1.19. The zero-order valence-corrected chi connectivity index (χ0v) is 11.1. The van der Waals surface area contributed by atoms with E-state index in [0.29, 0.717) is 17.4 Å². The predicted molar refractivity (Wildman–Crippen MR) is 73.9 cm³/mol. The van der Waals surface area contributed by atoms with Crippen molar-refractivity contribution in [3.05, 3.63) is 60.1 Å². The van der Waals surface area contributed by atoms with E-state index in [2.05, 4.69) is 39.4 Å². The van der Waals surface area contributed by atoms with Crippen LogP contribution in [0.4, 0.5) is 0 Å². The minimum Gasteiger partial charge on any atom is -0.338 e. The molecule has 0 aliphatic heterocycles. The second kappa shape index (κ2) is 5.61. The van der Waals surface area contributed by atoms with Gasteiger partial charge in [0, 0.05) is 6.20 Å². The quantitative estimate of drug-likeness (QED) is 0.726. The smallest absolute Gasteiger partial charge is 0.234 e. The highest BCUT2D eigenvalue weighted by atomic mass is 16.5. The highest BCUT2D eigenvalue weighted by molar-refractivity contribution is 5.46. The summed E-state index contributed by atoms with van der Waals surface area (Å²) in [5, 5.41) is 11.8. The molecule has 3 rings (SSSR count). The van der Waals surface area contributed by atoms with Gasteiger partial charge in [0.15, 0.2) is 0 Å². The molecule has 3 aromatic rings. The Bertz CT molecular complexity index is 667. The molecule has 0 unspecified atom stereocenters. The molecule has 20 heavy (non-hydrogen) atoms. The summed E-state index contributed by atoms with van der Waals surface area (Å²) in [6.07, 6.45) is 2.51. The molecule has 0 aliphatic carbocycles. The van der Waals surface area contributed by atoms with Crippen molar-refractivity contribution in [3.63, 3.8) is 0 Å². The molecule has 0 spiro atoms. The molecule has 0 N–H and O–H groups in total. The summed E-state index contributed by atoms with van der Waals surface area (Å²) in [6, 6.07) is 13.8. The van der Waals surface area contributed by atoms with Crippen LogP contribution in [-0.4, -0.2) is 20.3 Å². The van der Waals surface area contributed by atoms with Gasteiger partial charge in [-0.25, -0.2) is 0 Å². The number of hydrogen-bond donors (Lipinski definition) is 0. The molecule has 2 heterocycles. The molecule has 0 radical (unpaired) electrons. The second-order valence-corrected chi connectivity index (χ2v) is 4.44. The Labute approximate surface area is 116 Å². The van der Waals surface area contributed by atoms with E-state index in [0.717, 1.165) is 6.42 Å². The van der Waals surface area contributed by atoms with E-state index in [1.54, 1.807) is 12.3 Å². The molecule has 2 aromatic heterocycles. The van der Waals surface area contributed by atoms with Gasteiger partial charge in [-0.15, -0.1) is 5.10 Å². The summed E-state index contributed by atoms with van der Waals surface area (Å²) in [7, 11) is 0. The molecule has 1 atom stereocenters. The SMILES string of the molecule is CC[C@H](c1ccccc1)c1nc(-c2cccnn2)no1. The van der Waals surface area contributed by atoms with Crippen molar-refractivity contribution >= 4 is 0 Å². The maximum Gasteiger partial charge on any atom is 0.234 e. The van der Waals surface area contributed by atoms with E-state index in [1.807, 2.05) is 24.3 Å². The molecule has 1 aromatic carbocycles. The third-order valence-corrected chi connectivity index (χ3v) is 3.15. The summed E-state index contributed by atoms with van der Waals surface area (Å²) >= 11 is 0. The lowest BCUT2D eigenvalue weighted by atomic mass is 9.96. The molecular weight excluding hydrogens is 252 g/mol. The lowest BCUT2D eigenvalue weighted by Crippen LogP contribution is -2.00. The molecular formula is C15H14N4O. The normalized spacial score (nSPS) is 12.2. The monoisotopic (exact) mass is 266 g/mol. The van der Waals surface area contributed by atoms with Crippen LogP contribution in [0.15, 0.2) is 53.2 Å². The van der Waals surface area contributed by atoms with Crippen LogP contribution in [0.3, 0.4) is 0 Å². The molecule has 0 amide bonds. The first kappa shape index (κ1) is 12.5. The third-order valence-electron chi connectivity index (χ3n) is 3.15. The first-order valence-electron chi connectivity index (χ1n) is 6.55. The maximum absolute atomic E-state index is 5.40. The fraction of sp³-hybridized carbons (Fsp3) is 0.200. The van der Waals surface area contributed by atoms with Gasteiger partial charge in [-0.3, -0.25) is 0 Å². The first-order chi connectivity index (χ1) is 9.88. The van der Waals surface area contributed by atoms with E-state index in [4.69, 9.17) is 4.52 Å². The van der Waals surface area contributed by atoms with Crippen LogP contribution in [0.25, 0.3) is 11.5 Å². The second-order valence-electron chi connectivity index (χ2n) is 4.44. The molecule has 0 aliphatic rings. The summed E-state index contributed by atoms with van der Waals surface area (Å²) in [5.41, 5.74) is 1.79. The van der Waals surface area contributed by atoms with Crippen LogP contribution in [0.2, 0.25) is 0 Å². The maximum atomic E-state index is 5.40. The van der Waals surface area contributed by atoms with E-state index >= 15 is 0 Å². The number of aromatic nitrogens is 4. The van der Waals surface area contributed by atoms with Crippen molar-refractivity contribution in [2.45, 2.75) is 19.3 Å². The van der Waals surface area contributed by atoms with Gasteiger partial charge in [-0.2, -0.15) is 10.1 Å².